The van der Waals surface area contributed by atoms with Crippen molar-refractivity contribution in [2.24, 2.45) is 5.73 Å². The Morgan fingerprint density at radius 1 is 1.59 bits per heavy atom. The van der Waals surface area contributed by atoms with Crippen molar-refractivity contribution in [3.05, 3.63) is 39.2 Å². The van der Waals surface area contributed by atoms with Gasteiger partial charge in [0, 0.05) is 31.2 Å². The second kappa shape index (κ2) is 5.61. The van der Waals surface area contributed by atoms with E-state index in [1.54, 1.807) is 4.68 Å². The number of aromatic nitrogens is 2. The summed E-state index contributed by atoms with van der Waals surface area (Å²) in [5.74, 6) is 0.0998. The van der Waals surface area contributed by atoms with E-state index in [0.29, 0.717) is 36.4 Å². The van der Waals surface area contributed by atoms with Gasteiger partial charge in [-0.25, -0.2) is 0 Å². The van der Waals surface area contributed by atoms with Crippen LogP contribution in [-0.4, -0.2) is 15.6 Å². The van der Waals surface area contributed by atoms with Gasteiger partial charge in [0.2, 0.25) is 5.88 Å². The molecule has 0 saturated heterocycles. The summed E-state index contributed by atoms with van der Waals surface area (Å²) in [5.41, 5.74) is 7.30. The zero-order valence-electron chi connectivity index (χ0n) is 12.1. The summed E-state index contributed by atoms with van der Waals surface area (Å²) in [7, 11) is 0. The van der Waals surface area contributed by atoms with E-state index in [0.717, 1.165) is 10.9 Å². The highest BCUT2D eigenvalue weighted by Gasteiger charge is 2.40. The van der Waals surface area contributed by atoms with Crippen molar-refractivity contribution in [2.45, 2.75) is 38.6 Å². The molecule has 114 valence electrons. The minimum absolute atomic E-state index is 0.00412. The fourth-order valence-corrected chi connectivity index (χ4v) is 3.44. The Morgan fingerprint density at radius 3 is 3.00 bits per heavy atom. The van der Waals surface area contributed by atoms with Crippen LogP contribution in [-0.2, 0) is 16.1 Å². The number of aryl methyl sites for hydroxylation is 1. The maximum atomic E-state index is 12.4. The number of nitriles is 1. The number of carbonyl (C=O) groups excluding carboxylic acids is 1. The zero-order chi connectivity index (χ0) is 15.9. The van der Waals surface area contributed by atoms with Gasteiger partial charge < -0.3 is 10.5 Å². The van der Waals surface area contributed by atoms with Crippen LogP contribution in [0.25, 0.3) is 0 Å². The number of nitrogens with zero attached hydrogens (tertiary/aromatic N) is 3. The minimum Gasteiger partial charge on any atom is -0.444 e. The molecule has 2 aliphatic rings. The molecule has 1 unspecified atom stereocenters. The highest BCUT2D eigenvalue weighted by molar-refractivity contribution is 9.10. The topological polar surface area (TPSA) is 93.9 Å². The molecule has 22 heavy (non-hydrogen) atoms. The van der Waals surface area contributed by atoms with Gasteiger partial charge in [-0.05, 0) is 29.3 Å². The van der Waals surface area contributed by atoms with Gasteiger partial charge in [-0.15, -0.1) is 0 Å². The smallest absolute Gasteiger partial charge is 0.205 e. The fourth-order valence-electron chi connectivity index (χ4n) is 2.90. The lowest BCUT2D eigenvalue weighted by molar-refractivity contribution is -0.116. The van der Waals surface area contributed by atoms with E-state index in [1.165, 1.54) is 0 Å². The highest BCUT2D eigenvalue weighted by Crippen LogP contribution is 2.44. The molecule has 1 aliphatic carbocycles. The summed E-state index contributed by atoms with van der Waals surface area (Å²) in [6, 6.07) is 2.08. The first-order valence-corrected chi connectivity index (χ1v) is 7.92. The van der Waals surface area contributed by atoms with Crippen LogP contribution in [0.5, 0.6) is 0 Å². The van der Waals surface area contributed by atoms with Gasteiger partial charge in [0.05, 0.1) is 16.1 Å². The quantitative estimate of drug-likeness (QED) is 0.871. The van der Waals surface area contributed by atoms with Crippen LogP contribution in [0.2, 0.25) is 0 Å². The van der Waals surface area contributed by atoms with Gasteiger partial charge in [-0.3, -0.25) is 9.48 Å². The predicted octanol–water partition coefficient (Wildman–Crippen LogP) is 2.48. The summed E-state index contributed by atoms with van der Waals surface area (Å²) in [6.07, 6.45) is 3.69. The normalized spacial score (nSPS) is 21.5. The van der Waals surface area contributed by atoms with Crippen molar-refractivity contribution >= 4 is 21.7 Å². The molecule has 2 heterocycles. The van der Waals surface area contributed by atoms with E-state index in [2.05, 4.69) is 27.1 Å². The lowest BCUT2D eigenvalue weighted by atomic mass is 9.80. The van der Waals surface area contributed by atoms with Crippen LogP contribution in [0.15, 0.2) is 33.5 Å². The van der Waals surface area contributed by atoms with Crippen molar-refractivity contribution in [1.29, 1.82) is 5.26 Å². The first-order valence-electron chi connectivity index (χ1n) is 7.13. The molecule has 3 rings (SSSR count). The van der Waals surface area contributed by atoms with Gasteiger partial charge in [0.15, 0.2) is 5.78 Å². The number of ether oxygens (including phenoxy) is 1. The number of rotatable bonds is 2. The van der Waals surface area contributed by atoms with E-state index >= 15 is 0 Å². The zero-order valence-corrected chi connectivity index (χ0v) is 13.7. The van der Waals surface area contributed by atoms with Gasteiger partial charge in [-0.1, -0.05) is 0 Å². The van der Waals surface area contributed by atoms with Crippen molar-refractivity contribution in [3.8, 4) is 6.07 Å². The van der Waals surface area contributed by atoms with Gasteiger partial charge in [-0.2, -0.15) is 10.4 Å². The van der Waals surface area contributed by atoms with Crippen LogP contribution in [0.4, 0.5) is 0 Å². The maximum Gasteiger partial charge on any atom is 0.205 e. The van der Waals surface area contributed by atoms with E-state index in [9.17, 15) is 10.1 Å². The summed E-state index contributed by atoms with van der Waals surface area (Å²) in [5, 5.41) is 14.0. The minimum atomic E-state index is -0.552. The molecule has 6 nitrogen and oxygen atoms in total. The lowest BCUT2D eigenvalue weighted by Gasteiger charge is -2.30. The number of Topliss-reactive ketones (excluding diaryl/α,β-unsaturated/α-hetero) is 1. The van der Waals surface area contributed by atoms with E-state index in [4.69, 9.17) is 10.5 Å². The molecule has 0 bridgehead atoms. The van der Waals surface area contributed by atoms with Crippen LogP contribution >= 0.6 is 15.9 Å². The van der Waals surface area contributed by atoms with Gasteiger partial charge in [0.1, 0.15) is 17.4 Å². The van der Waals surface area contributed by atoms with E-state index in [-0.39, 0.29) is 17.2 Å². The third-order valence-electron chi connectivity index (χ3n) is 3.95. The average Bonchev–Trinajstić information content (AvgIpc) is 2.87. The molecular weight excluding hydrogens is 348 g/mol. The number of hydrogen-bond donors (Lipinski definition) is 1. The van der Waals surface area contributed by atoms with Crippen molar-refractivity contribution in [1.82, 2.24) is 9.78 Å². The number of ketones is 1. The summed E-state index contributed by atoms with van der Waals surface area (Å²) in [4.78, 5) is 12.4. The number of allylic oxidation sites excluding steroid dienone is 3. The van der Waals surface area contributed by atoms with Crippen LogP contribution in [0.3, 0.4) is 0 Å². The average molecular weight is 363 g/mol. The number of nitrogens with two attached hydrogens (primary N) is 1. The molecule has 0 radical (unpaired) electrons. The molecule has 1 aromatic rings. The SMILES string of the molecule is CCn1cc(Br)c(C2C(C#N)=C(N)OC3=C2C(=O)CCC3)n1. The Balaban J connectivity index is 2.20. The molecule has 1 aromatic heterocycles. The molecule has 1 aliphatic heterocycles. The molecular formula is C15H15BrN4O2. The lowest BCUT2D eigenvalue weighted by Crippen LogP contribution is -2.27. The van der Waals surface area contributed by atoms with E-state index in [1.807, 2.05) is 13.1 Å². The highest BCUT2D eigenvalue weighted by atomic mass is 79.9. The fraction of sp³-hybridized carbons (Fsp3) is 0.400. The largest absolute Gasteiger partial charge is 0.444 e. The Bertz CT molecular complexity index is 754. The molecule has 0 spiro atoms. The first-order chi connectivity index (χ1) is 10.6. The molecule has 0 aromatic carbocycles. The Morgan fingerprint density at radius 2 is 2.36 bits per heavy atom. The number of hydrogen-bond acceptors (Lipinski definition) is 5. The van der Waals surface area contributed by atoms with E-state index < -0.39 is 5.92 Å². The third-order valence-corrected chi connectivity index (χ3v) is 4.56. The second-order valence-electron chi connectivity index (χ2n) is 5.26. The second-order valence-corrected chi connectivity index (χ2v) is 6.11. The molecule has 0 amide bonds. The van der Waals surface area contributed by atoms with Crippen molar-refractivity contribution in [2.75, 3.05) is 0 Å². The third kappa shape index (κ3) is 2.24. The van der Waals surface area contributed by atoms with Crippen molar-refractivity contribution < 1.29 is 9.53 Å². The Hall–Kier alpha value is -2.07. The van der Waals surface area contributed by atoms with Crippen molar-refractivity contribution in [3.63, 3.8) is 0 Å². The summed E-state index contributed by atoms with van der Waals surface area (Å²) < 4.78 is 8.05. The van der Waals surface area contributed by atoms with Gasteiger partial charge >= 0.3 is 0 Å². The van der Waals surface area contributed by atoms with Crippen LogP contribution in [0.1, 0.15) is 37.8 Å². The van der Waals surface area contributed by atoms with Gasteiger partial charge in [0.25, 0.3) is 0 Å². The maximum absolute atomic E-state index is 12.4. The van der Waals surface area contributed by atoms with Crippen LogP contribution in [0, 0.1) is 11.3 Å². The number of carbonyl (C=O) groups is 1. The number of halogens is 1. The standard InChI is InChI=1S/C15H15BrN4O2/c1-2-20-7-9(16)14(19-20)12-8(6-17)15(18)22-11-5-3-4-10(21)13(11)12/h7,12H,2-5,18H2,1H3. The van der Waals surface area contributed by atoms with Crippen LogP contribution < -0.4 is 5.73 Å². The molecule has 7 heteroatoms. The summed E-state index contributed by atoms with van der Waals surface area (Å²) in [6.45, 7) is 2.67. The molecule has 2 N–H and O–H groups in total. The summed E-state index contributed by atoms with van der Waals surface area (Å²) >= 11 is 3.48. The molecule has 1 atom stereocenters. The molecule has 0 saturated carbocycles. The Labute approximate surface area is 136 Å². The monoisotopic (exact) mass is 362 g/mol. The predicted molar refractivity (Wildman–Crippen MR) is 82.1 cm³/mol. The Kier molecular flexibility index (Phi) is 3.79. The first kappa shape index (κ1) is 14.9. The molecule has 0 fully saturated rings.